The Kier molecular flexibility index (Phi) is 4.18. The number of benzene rings is 1. The van der Waals surface area contributed by atoms with Crippen LogP contribution in [0.4, 0.5) is 0 Å². The fourth-order valence-electron chi connectivity index (χ4n) is 4.75. The summed E-state index contributed by atoms with van der Waals surface area (Å²) < 4.78 is 0. The van der Waals surface area contributed by atoms with Crippen molar-refractivity contribution in [2.75, 3.05) is 0 Å². The molecule has 0 amide bonds. The lowest BCUT2D eigenvalue weighted by Gasteiger charge is -2.42. The van der Waals surface area contributed by atoms with Crippen LogP contribution in [-0.2, 0) is 15.6 Å². The number of rotatable bonds is 2. The van der Waals surface area contributed by atoms with Crippen LogP contribution in [0.15, 0.2) is 59.7 Å². The number of fused-ring (bicyclic) bond motifs is 2. The Hall–Kier alpha value is -2.15. The standard InChI is InChI=1S/C26H30O/c1-17(27)18-6-7-20-15-21(9-8-19(20)14-18)22-10-11-23-24(16-22)26(4,5)13-12-25(23,2)3/h6-11,14,16,20H,12-13,15H2,1-5H3. The minimum absolute atomic E-state index is 0.139. The van der Waals surface area contributed by atoms with E-state index < -0.39 is 0 Å². The zero-order valence-electron chi connectivity index (χ0n) is 17.2. The molecule has 1 heteroatoms. The number of carbonyl (C=O) groups excluding carboxylic acids is 1. The lowest BCUT2D eigenvalue weighted by atomic mass is 9.62. The predicted octanol–water partition coefficient (Wildman–Crippen LogP) is 6.45. The highest BCUT2D eigenvalue weighted by molar-refractivity contribution is 5.97. The number of carbonyl (C=O) groups is 1. The first-order valence-corrected chi connectivity index (χ1v) is 10.1. The van der Waals surface area contributed by atoms with Gasteiger partial charge in [-0.1, -0.05) is 70.2 Å². The Morgan fingerprint density at radius 2 is 1.70 bits per heavy atom. The molecule has 1 nitrogen and oxygen atoms in total. The van der Waals surface area contributed by atoms with Gasteiger partial charge in [0.25, 0.3) is 0 Å². The summed E-state index contributed by atoms with van der Waals surface area (Å²) >= 11 is 0. The third kappa shape index (κ3) is 3.18. The van der Waals surface area contributed by atoms with Gasteiger partial charge in [0, 0.05) is 11.5 Å². The van der Waals surface area contributed by atoms with E-state index in [9.17, 15) is 4.79 Å². The lowest BCUT2D eigenvalue weighted by molar-refractivity contribution is -0.113. The van der Waals surface area contributed by atoms with Gasteiger partial charge in [-0.25, -0.2) is 0 Å². The first kappa shape index (κ1) is 18.2. The Morgan fingerprint density at radius 3 is 2.41 bits per heavy atom. The largest absolute Gasteiger partial charge is 0.295 e. The summed E-state index contributed by atoms with van der Waals surface area (Å²) in [6.45, 7) is 11.2. The van der Waals surface area contributed by atoms with Crippen LogP contribution in [0.5, 0.6) is 0 Å². The average Bonchev–Trinajstić information content (AvgIpc) is 2.64. The summed E-state index contributed by atoms with van der Waals surface area (Å²) in [5, 5.41) is 0. The van der Waals surface area contributed by atoms with E-state index in [1.807, 2.05) is 6.08 Å². The van der Waals surface area contributed by atoms with Gasteiger partial charge in [-0.2, -0.15) is 0 Å². The Bertz CT molecular complexity index is 931. The second-order valence-electron chi connectivity index (χ2n) is 9.71. The molecular weight excluding hydrogens is 328 g/mol. The van der Waals surface area contributed by atoms with Crippen LogP contribution in [0, 0.1) is 5.92 Å². The van der Waals surface area contributed by atoms with Crippen LogP contribution in [0.2, 0.25) is 0 Å². The smallest absolute Gasteiger partial charge is 0.159 e. The van der Waals surface area contributed by atoms with Gasteiger partial charge in [0.05, 0.1) is 0 Å². The maximum Gasteiger partial charge on any atom is 0.159 e. The van der Waals surface area contributed by atoms with Gasteiger partial charge >= 0.3 is 0 Å². The third-order valence-electron chi connectivity index (χ3n) is 6.81. The van der Waals surface area contributed by atoms with Crippen LogP contribution in [0.1, 0.15) is 70.6 Å². The van der Waals surface area contributed by atoms with E-state index in [0.717, 1.165) is 12.0 Å². The van der Waals surface area contributed by atoms with Crippen LogP contribution >= 0.6 is 0 Å². The average molecular weight is 359 g/mol. The van der Waals surface area contributed by atoms with Gasteiger partial charge in [-0.15, -0.1) is 0 Å². The lowest BCUT2D eigenvalue weighted by Crippen LogP contribution is -2.33. The van der Waals surface area contributed by atoms with E-state index in [2.05, 4.69) is 70.2 Å². The molecule has 140 valence electrons. The van der Waals surface area contributed by atoms with Crippen molar-refractivity contribution >= 4 is 11.4 Å². The van der Waals surface area contributed by atoms with Gasteiger partial charge in [0.1, 0.15) is 0 Å². The summed E-state index contributed by atoms with van der Waals surface area (Å²) in [4.78, 5) is 11.6. The summed E-state index contributed by atoms with van der Waals surface area (Å²) in [5.41, 5.74) is 8.35. The second kappa shape index (κ2) is 6.19. The predicted molar refractivity (Wildman–Crippen MR) is 114 cm³/mol. The van der Waals surface area contributed by atoms with E-state index in [0.29, 0.717) is 5.92 Å². The zero-order chi connectivity index (χ0) is 19.4. The molecule has 0 aromatic heterocycles. The van der Waals surface area contributed by atoms with Gasteiger partial charge in [-0.3, -0.25) is 4.79 Å². The van der Waals surface area contributed by atoms with Crippen molar-refractivity contribution in [2.45, 2.75) is 64.7 Å². The molecule has 3 aliphatic carbocycles. The number of allylic oxidation sites excluding steroid dienone is 8. The Balaban J connectivity index is 1.72. The number of hydrogen-bond donors (Lipinski definition) is 0. The molecule has 0 saturated carbocycles. The summed E-state index contributed by atoms with van der Waals surface area (Å²) in [7, 11) is 0. The summed E-state index contributed by atoms with van der Waals surface area (Å²) in [6.07, 6.45) is 14.2. The van der Waals surface area contributed by atoms with E-state index in [1.54, 1.807) is 6.92 Å². The van der Waals surface area contributed by atoms with Crippen molar-refractivity contribution in [1.82, 2.24) is 0 Å². The molecular formula is C26H30O. The van der Waals surface area contributed by atoms with Crippen molar-refractivity contribution in [1.29, 1.82) is 0 Å². The fraction of sp³-hybridized carbons (Fsp3) is 0.423. The number of hydrogen-bond acceptors (Lipinski definition) is 1. The molecule has 0 aliphatic heterocycles. The monoisotopic (exact) mass is 358 g/mol. The Labute approximate surface area is 163 Å². The molecule has 0 radical (unpaired) electrons. The maximum absolute atomic E-state index is 11.6. The second-order valence-corrected chi connectivity index (χ2v) is 9.71. The maximum atomic E-state index is 11.6. The molecule has 1 aromatic carbocycles. The van der Waals surface area contributed by atoms with E-state index in [1.165, 1.54) is 40.7 Å². The molecule has 27 heavy (non-hydrogen) atoms. The topological polar surface area (TPSA) is 17.1 Å². The molecule has 0 fully saturated rings. The van der Waals surface area contributed by atoms with Gasteiger partial charge in [-0.05, 0) is 70.9 Å². The normalized spacial score (nSPS) is 24.9. The molecule has 1 aromatic rings. The number of ketones is 1. The van der Waals surface area contributed by atoms with Crippen LogP contribution in [0.3, 0.4) is 0 Å². The molecule has 0 heterocycles. The minimum Gasteiger partial charge on any atom is -0.295 e. The van der Waals surface area contributed by atoms with Crippen LogP contribution in [0.25, 0.3) is 5.57 Å². The van der Waals surface area contributed by atoms with Crippen molar-refractivity contribution in [3.8, 4) is 0 Å². The van der Waals surface area contributed by atoms with Crippen LogP contribution in [-0.4, -0.2) is 5.78 Å². The van der Waals surface area contributed by atoms with Crippen molar-refractivity contribution < 1.29 is 4.79 Å². The van der Waals surface area contributed by atoms with Crippen LogP contribution < -0.4 is 0 Å². The molecule has 3 aliphatic rings. The SMILES string of the molecule is CC(=O)C1=CC2=CC=C(c3ccc4c(c3)C(C)(C)CCC4(C)C)CC2C=C1. The highest BCUT2D eigenvalue weighted by atomic mass is 16.1. The molecule has 0 N–H and O–H groups in total. The van der Waals surface area contributed by atoms with E-state index in [-0.39, 0.29) is 16.6 Å². The first-order chi connectivity index (χ1) is 12.7. The zero-order valence-corrected chi connectivity index (χ0v) is 17.2. The fourth-order valence-corrected chi connectivity index (χ4v) is 4.75. The highest BCUT2D eigenvalue weighted by Crippen LogP contribution is 2.47. The number of Topliss-reactive ketones (excluding diaryl/α,β-unsaturated/α-hetero) is 1. The van der Waals surface area contributed by atoms with Crippen molar-refractivity contribution in [3.63, 3.8) is 0 Å². The molecule has 0 saturated heterocycles. The molecule has 1 unspecified atom stereocenters. The van der Waals surface area contributed by atoms with E-state index >= 15 is 0 Å². The molecule has 0 spiro atoms. The molecule has 0 bridgehead atoms. The van der Waals surface area contributed by atoms with Gasteiger partial charge < -0.3 is 0 Å². The third-order valence-corrected chi connectivity index (χ3v) is 6.81. The van der Waals surface area contributed by atoms with Gasteiger partial charge in [0.2, 0.25) is 0 Å². The molecule has 1 atom stereocenters. The first-order valence-electron chi connectivity index (χ1n) is 10.1. The Morgan fingerprint density at radius 1 is 1.00 bits per heavy atom. The van der Waals surface area contributed by atoms with E-state index in [4.69, 9.17) is 0 Å². The van der Waals surface area contributed by atoms with Crippen molar-refractivity contribution in [2.24, 2.45) is 5.92 Å². The summed E-state index contributed by atoms with van der Waals surface area (Å²) in [6, 6.07) is 7.14. The summed E-state index contributed by atoms with van der Waals surface area (Å²) in [5.74, 6) is 0.522. The molecule has 4 rings (SSSR count). The van der Waals surface area contributed by atoms with Crippen molar-refractivity contribution in [3.05, 3.63) is 76.4 Å². The minimum atomic E-state index is 0.139. The van der Waals surface area contributed by atoms with Gasteiger partial charge in [0.15, 0.2) is 5.78 Å². The highest BCUT2D eigenvalue weighted by Gasteiger charge is 2.37. The quantitative estimate of drug-likeness (QED) is 0.593.